The molecule has 1 heterocycles. The molecular formula is C18H20N4O2. The van der Waals surface area contributed by atoms with Gasteiger partial charge in [0.05, 0.1) is 17.7 Å². The first-order valence-corrected chi connectivity index (χ1v) is 8.20. The lowest BCUT2D eigenvalue weighted by atomic mass is 10.1. The number of hydrogen-bond donors (Lipinski definition) is 2. The number of benzene rings is 1. The van der Waals surface area contributed by atoms with Crippen LogP contribution in [0.5, 0.6) is 5.75 Å². The van der Waals surface area contributed by atoms with Gasteiger partial charge in [0, 0.05) is 24.4 Å². The first kappa shape index (κ1) is 16.1. The number of nitrogens with zero attached hydrogens (tertiary/aromatic N) is 2. The number of carbonyl (C=O) groups excluding carboxylic acids is 1. The summed E-state index contributed by atoms with van der Waals surface area (Å²) in [7, 11) is 0. The Morgan fingerprint density at radius 1 is 1.38 bits per heavy atom. The van der Waals surface area contributed by atoms with Gasteiger partial charge in [0.15, 0.2) is 0 Å². The van der Waals surface area contributed by atoms with Gasteiger partial charge >= 0.3 is 0 Å². The Labute approximate surface area is 140 Å². The maximum absolute atomic E-state index is 11.6. The van der Waals surface area contributed by atoms with Gasteiger partial charge in [0.2, 0.25) is 5.91 Å². The third kappa shape index (κ3) is 3.74. The van der Waals surface area contributed by atoms with Crippen molar-refractivity contribution in [2.45, 2.75) is 19.8 Å². The van der Waals surface area contributed by atoms with Crippen molar-refractivity contribution in [2.75, 3.05) is 25.0 Å². The van der Waals surface area contributed by atoms with E-state index in [0.717, 1.165) is 29.5 Å². The van der Waals surface area contributed by atoms with E-state index >= 15 is 0 Å². The van der Waals surface area contributed by atoms with Crippen LogP contribution >= 0.6 is 0 Å². The van der Waals surface area contributed by atoms with Crippen molar-refractivity contribution in [1.29, 1.82) is 5.26 Å². The lowest BCUT2D eigenvalue weighted by Crippen LogP contribution is -2.30. The number of pyridine rings is 1. The highest BCUT2D eigenvalue weighted by Gasteiger charge is 2.28. The molecule has 124 valence electrons. The molecule has 0 unspecified atom stereocenters. The topological polar surface area (TPSA) is 87.0 Å². The summed E-state index contributed by atoms with van der Waals surface area (Å²) in [5.41, 5.74) is 1.27. The van der Waals surface area contributed by atoms with Crippen molar-refractivity contribution in [3.63, 3.8) is 0 Å². The Balaban J connectivity index is 1.68. The van der Waals surface area contributed by atoms with Crippen molar-refractivity contribution in [3.05, 3.63) is 29.8 Å². The fourth-order valence-corrected chi connectivity index (χ4v) is 2.49. The molecule has 2 aromatic rings. The number of aromatic nitrogens is 1. The highest BCUT2D eigenvalue weighted by atomic mass is 16.5. The molecule has 1 saturated carbocycles. The molecule has 24 heavy (non-hydrogen) atoms. The predicted molar refractivity (Wildman–Crippen MR) is 91.9 cm³/mol. The number of rotatable bonds is 7. The molecule has 0 spiro atoms. The van der Waals surface area contributed by atoms with Crippen LogP contribution in [0, 0.1) is 17.2 Å². The normalized spacial score (nSPS) is 13.3. The monoisotopic (exact) mass is 324 g/mol. The SMILES string of the molecule is CCOc1ccc2nc(NCCNC(=O)C3CC3)c(C#N)cc2c1. The highest BCUT2D eigenvalue weighted by Crippen LogP contribution is 2.28. The van der Waals surface area contributed by atoms with Crippen molar-refractivity contribution in [1.82, 2.24) is 10.3 Å². The molecule has 0 bridgehead atoms. The van der Waals surface area contributed by atoms with E-state index in [-0.39, 0.29) is 11.8 Å². The maximum Gasteiger partial charge on any atom is 0.223 e. The summed E-state index contributed by atoms with van der Waals surface area (Å²) in [6.45, 7) is 3.57. The summed E-state index contributed by atoms with van der Waals surface area (Å²) >= 11 is 0. The average molecular weight is 324 g/mol. The lowest BCUT2D eigenvalue weighted by Gasteiger charge is -2.10. The summed E-state index contributed by atoms with van der Waals surface area (Å²) in [5.74, 6) is 1.62. The summed E-state index contributed by atoms with van der Waals surface area (Å²) in [6, 6.07) is 9.59. The Kier molecular flexibility index (Phi) is 4.80. The Hall–Kier alpha value is -2.81. The molecule has 0 atom stereocenters. The van der Waals surface area contributed by atoms with E-state index in [0.29, 0.717) is 31.1 Å². The van der Waals surface area contributed by atoms with Crippen LogP contribution in [0.15, 0.2) is 24.3 Å². The standard InChI is InChI=1S/C18H20N4O2/c1-2-24-15-5-6-16-13(10-15)9-14(11-19)17(22-16)20-7-8-21-18(23)12-3-4-12/h5-6,9-10,12H,2-4,7-8H2,1H3,(H,20,22)(H,21,23). The molecular weight excluding hydrogens is 304 g/mol. The number of nitrogens with one attached hydrogen (secondary N) is 2. The van der Waals surface area contributed by atoms with Crippen LogP contribution in [0.2, 0.25) is 0 Å². The van der Waals surface area contributed by atoms with Crippen LogP contribution < -0.4 is 15.4 Å². The first-order valence-electron chi connectivity index (χ1n) is 8.20. The van der Waals surface area contributed by atoms with E-state index in [4.69, 9.17) is 4.74 Å². The van der Waals surface area contributed by atoms with E-state index in [1.807, 2.05) is 25.1 Å². The van der Waals surface area contributed by atoms with Crippen molar-refractivity contribution < 1.29 is 9.53 Å². The van der Waals surface area contributed by atoms with Gasteiger partial charge in [0.1, 0.15) is 17.6 Å². The molecule has 1 amide bonds. The smallest absolute Gasteiger partial charge is 0.223 e. The van der Waals surface area contributed by atoms with Gasteiger partial charge in [-0.15, -0.1) is 0 Å². The predicted octanol–water partition coefficient (Wildman–Crippen LogP) is 2.44. The second kappa shape index (κ2) is 7.18. The first-order chi connectivity index (χ1) is 11.7. The second-order valence-corrected chi connectivity index (χ2v) is 5.78. The molecule has 6 nitrogen and oxygen atoms in total. The van der Waals surface area contributed by atoms with Crippen LogP contribution in [-0.4, -0.2) is 30.6 Å². The zero-order valence-electron chi connectivity index (χ0n) is 13.6. The van der Waals surface area contributed by atoms with E-state index in [1.165, 1.54) is 0 Å². The van der Waals surface area contributed by atoms with E-state index in [2.05, 4.69) is 21.7 Å². The summed E-state index contributed by atoms with van der Waals surface area (Å²) < 4.78 is 5.48. The van der Waals surface area contributed by atoms with Gasteiger partial charge in [-0.1, -0.05) is 0 Å². The van der Waals surface area contributed by atoms with Crippen LogP contribution in [0.1, 0.15) is 25.3 Å². The van der Waals surface area contributed by atoms with Crippen LogP contribution in [0.4, 0.5) is 5.82 Å². The van der Waals surface area contributed by atoms with Crippen LogP contribution in [0.25, 0.3) is 10.9 Å². The molecule has 0 aliphatic heterocycles. The zero-order chi connectivity index (χ0) is 16.9. The number of anilines is 1. The zero-order valence-corrected chi connectivity index (χ0v) is 13.6. The molecule has 6 heteroatoms. The van der Waals surface area contributed by atoms with Gasteiger partial charge in [0.25, 0.3) is 0 Å². The minimum Gasteiger partial charge on any atom is -0.494 e. The number of ether oxygens (including phenoxy) is 1. The lowest BCUT2D eigenvalue weighted by molar-refractivity contribution is -0.122. The van der Waals surface area contributed by atoms with Crippen LogP contribution in [0.3, 0.4) is 0 Å². The molecule has 2 N–H and O–H groups in total. The summed E-state index contributed by atoms with van der Waals surface area (Å²) in [4.78, 5) is 16.1. The largest absolute Gasteiger partial charge is 0.494 e. The van der Waals surface area contributed by atoms with Gasteiger partial charge in [-0.2, -0.15) is 5.26 Å². The average Bonchev–Trinajstić information content (AvgIpc) is 3.43. The fourth-order valence-electron chi connectivity index (χ4n) is 2.49. The minimum atomic E-state index is 0.118. The molecule has 1 aliphatic carbocycles. The molecule has 0 saturated heterocycles. The Morgan fingerprint density at radius 2 is 2.21 bits per heavy atom. The van der Waals surface area contributed by atoms with Crippen molar-refractivity contribution >= 4 is 22.6 Å². The van der Waals surface area contributed by atoms with E-state index in [1.54, 1.807) is 6.07 Å². The quantitative estimate of drug-likeness (QED) is 0.764. The van der Waals surface area contributed by atoms with Gasteiger partial charge in [-0.05, 0) is 44.0 Å². The summed E-state index contributed by atoms with van der Waals surface area (Å²) in [5, 5.41) is 16.2. The van der Waals surface area contributed by atoms with E-state index < -0.39 is 0 Å². The Morgan fingerprint density at radius 3 is 2.92 bits per heavy atom. The number of amides is 1. The fraction of sp³-hybridized carbons (Fsp3) is 0.389. The van der Waals surface area contributed by atoms with E-state index in [9.17, 15) is 10.1 Å². The maximum atomic E-state index is 11.6. The molecule has 1 aromatic heterocycles. The van der Waals surface area contributed by atoms with Gasteiger partial charge < -0.3 is 15.4 Å². The van der Waals surface area contributed by atoms with Gasteiger partial charge in [-0.25, -0.2) is 4.98 Å². The number of fused-ring (bicyclic) bond motifs is 1. The number of nitriles is 1. The minimum absolute atomic E-state index is 0.118. The molecule has 1 fully saturated rings. The van der Waals surface area contributed by atoms with Crippen molar-refractivity contribution in [2.24, 2.45) is 5.92 Å². The second-order valence-electron chi connectivity index (χ2n) is 5.78. The highest BCUT2D eigenvalue weighted by molar-refractivity contribution is 5.84. The number of hydrogen-bond acceptors (Lipinski definition) is 5. The third-order valence-electron chi connectivity index (χ3n) is 3.88. The molecule has 0 radical (unpaired) electrons. The Bertz CT molecular complexity index is 793. The summed E-state index contributed by atoms with van der Waals surface area (Å²) in [6.07, 6.45) is 1.99. The number of carbonyl (C=O) groups is 1. The van der Waals surface area contributed by atoms with Gasteiger partial charge in [-0.3, -0.25) is 4.79 Å². The molecule has 1 aromatic carbocycles. The third-order valence-corrected chi connectivity index (χ3v) is 3.88. The van der Waals surface area contributed by atoms with Crippen LogP contribution in [-0.2, 0) is 4.79 Å². The van der Waals surface area contributed by atoms with Crippen molar-refractivity contribution in [3.8, 4) is 11.8 Å². The molecule has 3 rings (SSSR count). The molecule has 1 aliphatic rings.